The maximum atomic E-state index is 11.8. The lowest BCUT2D eigenvalue weighted by Gasteiger charge is -2.21. The van der Waals surface area contributed by atoms with Crippen molar-refractivity contribution in [1.29, 1.82) is 0 Å². The molecule has 0 aliphatic rings. The van der Waals surface area contributed by atoms with E-state index >= 15 is 0 Å². The molecule has 0 saturated carbocycles. The number of unbranched alkanes of at least 4 members (excludes halogenated alkanes) is 1. The molecule has 0 aromatic rings. The number of carbonyl (C=O) groups is 1. The van der Waals surface area contributed by atoms with Crippen molar-refractivity contribution in [2.75, 3.05) is 40.5 Å². The number of hydrogen-bond acceptors (Lipinski definition) is 3. The molecule has 0 spiro atoms. The maximum Gasteiger partial charge on any atom is 0.222 e. The van der Waals surface area contributed by atoms with Crippen molar-refractivity contribution in [3.8, 4) is 0 Å². The fraction of sp³-hybridized carbons (Fsp3) is 0.750. The summed E-state index contributed by atoms with van der Waals surface area (Å²) in [6, 6.07) is 0. The van der Waals surface area contributed by atoms with E-state index in [1.807, 2.05) is 6.08 Å². The predicted molar refractivity (Wildman–Crippen MR) is 64.4 cm³/mol. The largest absolute Gasteiger partial charge is 0.383 e. The Morgan fingerprint density at radius 3 is 2.25 bits per heavy atom. The first-order chi connectivity index (χ1) is 7.76. The molecule has 16 heavy (non-hydrogen) atoms. The highest BCUT2D eigenvalue weighted by Gasteiger charge is 2.11. The number of rotatable bonds is 10. The summed E-state index contributed by atoms with van der Waals surface area (Å²) in [5.41, 5.74) is 0. The van der Waals surface area contributed by atoms with Gasteiger partial charge in [-0.15, -0.1) is 6.58 Å². The summed E-state index contributed by atoms with van der Waals surface area (Å²) in [5, 5.41) is 0. The molecule has 0 radical (unpaired) electrons. The average molecular weight is 229 g/mol. The monoisotopic (exact) mass is 229 g/mol. The Hall–Kier alpha value is -0.870. The number of ether oxygens (including phenoxy) is 2. The van der Waals surface area contributed by atoms with Gasteiger partial charge < -0.3 is 14.4 Å². The van der Waals surface area contributed by atoms with Gasteiger partial charge in [-0.2, -0.15) is 0 Å². The number of amides is 1. The summed E-state index contributed by atoms with van der Waals surface area (Å²) >= 11 is 0. The second-order valence-corrected chi connectivity index (χ2v) is 3.55. The van der Waals surface area contributed by atoms with Crippen LogP contribution in [0.2, 0.25) is 0 Å². The van der Waals surface area contributed by atoms with Crippen molar-refractivity contribution in [2.45, 2.75) is 19.3 Å². The molecule has 0 heterocycles. The molecule has 0 aromatic carbocycles. The van der Waals surface area contributed by atoms with E-state index in [9.17, 15) is 4.79 Å². The van der Waals surface area contributed by atoms with Gasteiger partial charge >= 0.3 is 0 Å². The summed E-state index contributed by atoms with van der Waals surface area (Å²) in [7, 11) is 3.27. The lowest BCUT2D eigenvalue weighted by Crippen LogP contribution is -2.36. The van der Waals surface area contributed by atoms with Gasteiger partial charge in [-0.1, -0.05) is 6.08 Å². The molecular formula is C12H23NO3. The normalized spacial score (nSPS) is 10.1. The summed E-state index contributed by atoms with van der Waals surface area (Å²) < 4.78 is 9.95. The number of hydrogen-bond donors (Lipinski definition) is 0. The van der Waals surface area contributed by atoms with Crippen molar-refractivity contribution in [1.82, 2.24) is 4.90 Å². The minimum atomic E-state index is 0.163. The molecule has 0 unspecified atom stereocenters. The van der Waals surface area contributed by atoms with Crippen molar-refractivity contribution >= 4 is 5.91 Å². The summed E-state index contributed by atoms with van der Waals surface area (Å²) in [4.78, 5) is 13.6. The second kappa shape index (κ2) is 10.6. The SMILES string of the molecule is C=CCCCC(=O)N(CCOC)CCOC. The van der Waals surface area contributed by atoms with E-state index in [4.69, 9.17) is 9.47 Å². The summed E-state index contributed by atoms with van der Waals surface area (Å²) in [6.45, 7) is 6.03. The zero-order chi connectivity index (χ0) is 12.2. The van der Waals surface area contributed by atoms with Gasteiger partial charge in [-0.25, -0.2) is 0 Å². The third-order valence-corrected chi connectivity index (χ3v) is 2.28. The van der Waals surface area contributed by atoms with Crippen LogP contribution in [0.5, 0.6) is 0 Å². The first-order valence-corrected chi connectivity index (χ1v) is 5.62. The maximum absolute atomic E-state index is 11.8. The Kier molecular flexibility index (Phi) is 10.1. The van der Waals surface area contributed by atoms with E-state index in [1.54, 1.807) is 19.1 Å². The van der Waals surface area contributed by atoms with Crippen LogP contribution in [0.3, 0.4) is 0 Å². The lowest BCUT2D eigenvalue weighted by atomic mass is 10.2. The summed E-state index contributed by atoms with van der Waals surface area (Å²) in [6.07, 6.45) is 4.15. The van der Waals surface area contributed by atoms with E-state index in [2.05, 4.69) is 6.58 Å². The molecule has 0 atom stereocenters. The highest BCUT2D eigenvalue weighted by atomic mass is 16.5. The smallest absolute Gasteiger partial charge is 0.222 e. The molecule has 1 amide bonds. The Bertz CT molecular complexity index is 187. The molecule has 0 rings (SSSR count). The zero-order valence-electron chi connectivity index (χ0n) is 10.4. The molecule has 0 bridgehead atoms. The molecule has 0 aliphatic carbocycles. The van der Waals surface area contributed by atoms with Gasteiger partial charge in [-0.05, 0) is 12.8 Å². The van der Waals surface area contributed by atoms with Crippen LogP contribution in [0.1, 0.15) is 19.3 Å². The minimum absolute atomic E-state index is 0.163. The van der Waals surface area contributed by atoms with Crippen LogP contribution < -0.4 is 0 Å². The van der Waals surface area contributed by atoms with Crippen LogP contribution in [0.25, 0.3) is 0 Å². The number of allylic oxidation sites excluding steroid dienone is 1. The predicted octanol–water partition coefficient (Wildman–Crippen LogP) is 1.46. The second-order valence-electron chi connectivity index (χ2n) is 3.55. The van der Waals surface area contributed by atoms with E-state index < -0.39 is 0 Å². The molecule has 0 fully saturated rings. The molecule has 0 N–H and O–H groups in total. The quantitative estimate of drug-likeness (QED) is 0.420. The van der Waals surface area contributed by atoms with Crippen molar-refractivity contribution in [3.63, 3.8) is 0 Å². The van der Waals surface area contributed by atoms with E-state index in [0.717, 1.165) is 12.8 Å². The first-order valence-electron chi connectivity index (χ1n) is 5.62. The van der Waals surface area contributed by atoms with Gasteiger partial charge in [0.15, 0.2) is 0 Å². The van der Waals surface area contributed by atoms with E-state index in [0.29, 0.717) is 32.7 Å². The van der Waals surface area contributed by atoms with Crippen molar-refractivity contribution in [2.24, 2.45) is 0 Å². The van der Waals surface area contributed by atoms with Crippen LogP contribution in [0, 0.1) is 0 Å². The number of nitrogens with zero attached hydrogens (tertiary/aromatic N) is 1. The van der Waals surface area contributed by atoms with Gasteiger partial charge in [-0.3, -0.25) is 4.79 Å². The molecule has 0 aliphatic heterocycles. The molecule has 0 aromatic heterocycles. The third-order valence-electron chi connectivity index (χ3n) is 2.28. The average Bonchev–Trinajstić information content (AvgIpc) is 2.29. The highest BCUT2D eigenvalue weighted by Crippen LogP contribution is 2.01. The Labute approximate surface area is 98.2 Å². The molecule has 0 saturated heterocycles. The number of carbonyl (C=O) groups excluding carboxylic acids is 1. The Morgan fingerprint density at radius 1 is 1.25 bits per heavy atom. The van der Waals surface area contributed by atoms with Gasteiger partial charge in [0.1, 0.15) is 0 Å². The minimum Gasteiger partial charge on any atom is -0.383 e. The molecule has 4 heteroatoms. The third kappa shape index (κ3) is 7.43. The topological polar surface area (TPSA) is 38.8 Å². The Morgan fingerprint density at radius 2 is 1.81 bits per heavy atom. The van der Waals surface area contributed by atoms with E-state index in [-0.39, 0.29) is 5.91 Å². The van der Waals surface area contributed by atoms with Gasteiger partial charge in [0, 0.05) is 33.7 Å². The lowest BCUT2D eigenvalue weighted by molar-refractivity contribution is -0.132. The van der Waals surface area contributed by atoms with Crippen molar-refractivity contribution < 1.29 is 14.3 Å². The first kappa shape index (κ1) is 15.1. The standard InChI is InChI=1S/C12H23NO3/c1-4-5-6-7-12(14)13(8-10-15-2)9-11-16-3/h4H,1,5-11H2,2-3H3. The fourth-order valence-electron chi connectivity index (χ4n) is 1.32. The van der Waals surface area contributed by atoms with Crippen LogP contribution >= 0.6 is 0 Å². The van der Waals surface area contributed by atoms with Gasteiger partial charge in [0.2, 0.25) is 5.91 Å². The molecule has 4 nitrogen and oxygen atoms in total. The Balaban J connectivity index is 3.93. The summed E-state index contributed by atoms with van der Waals surface area (Å²) in [5.74, 6) is 0.163. The van der Waals surface area contributed by atoms with Crippen LogP contribution in [0.15, 0.2) is 12.7 Å². The van der Waals surface area contributed by atoms with Crippen molar-refractivity contribution in [3.05, 3.63) is 12.7 Å². The highest BCUT2D eigenvalue weighted by molar-refractivity contribution is 5.76. The molecule has 94 valence electrons. The fourth-order valence-corrected chi connectivity index (χ4v) is 1.32. The van der Waals surface area contributed by atoms with Gasteiger partial charge in [0.25, 0.3) is 0 Å². The molecular weight excluding hydrogens is 206 g/mol. The zero-order valence-corrected chi connectivity index (χ0v) is 10.4. The van der Waals surface area contributed by atoms with E-state index in [1.165, 1.54) is 0 Å². The number of methoxy groups -OCH3 is 2. The van der Waals surface area contributed by atoms with Crippen LogP contribution in [-0.2, 0) is 14.3 Å². The van der Waals surface area contributed by atoms with Gasteiger partial charge in [0.05, 0.1) is 13.2 Å². The van der Waals surface area contributed by atoms with Crippen LogP contribution in [-0.4, -0.2) is 51.3 Å². The van der Waals surface area contributed by atoms with Crippen LogP contribution in [0.4, 0.5) is 0 Å².